The third-order valence-electron chi connectivity index (χ3n) is 1.93. The zero-order valence-corrected chi connectivity index (χ0v) is 7.06. The molecule has 0 saturated carbocycles. The summed E-state index contributed by atoms with van der Waals surface area (Å²) in [6.45, 7) is 1.63. The monoisotopic (exact) mass is 176 g/mol. The van der Waals surface area contributed by atoms with Crippen LogP contribution in [0.1, 0.15) is 6.92 Å². The van der Waals surface area contributed by atoms with E-state index in [0.717, 1.165) is 0 Å². The van der Waals surface area contributed by atoms with Crippen LogP contribution in [-0.4, -0.2) is 22.6 Å². The van der Waals surface area contributed by atoms with Gasteiger partial charge in [0.15, 0.2) is 0 Å². The number of aliphatic hydroxyl groups is 1. The van der Waals surface area contributed by atoms with Crippen molar-refractivity contribution in [3.63, 3.8) is 0 Å². The van der Waals surface area contributed by atoms with Crippen molar-refractivity contribution in [2.75, 3.05) is 0 Å². The molecule has 0 radical (unpaired) electrons. The third kappa shape index (κ3) is 1.20. The number of amidine groups is 1. The number of hydrogen-bond donors (Lipinski definition) is 1. The number of hydrogen-bond acceptors (Lipinski definition) is 3. The van der Waals surface area contributed by atoms with E-state index >= 15 is 0 Å². The van der Waals surface area contributed by atoms with Gasteiger partial charge in [0.25, 0.3) is 5.91 Å². The Morgan fingerprint density at radius 1 is 1.46 bits per heavy atom. The second-order valence-electron chi connectivity index (χ2n) is 2.91. The molecule has 1 amide bonds. The van der Waals surface area contributed by atoms with E-state index in [9.17, 15) is 9.90 Å². The van der Waals surface area contributed by atoms with Gasteiger partial charge in [0.1, 0.15) is 23.2 Å². The van der Waals surface area contributed by atoms with Crippen molar-refractivity contribution in [3.8, 4) is 0 Å². The molecule has 0 saturated heterocycles. The maximum absolute atomic E-state index is 11.3. The molecule has 1 aliphatic heterocycles. The van der Waals surface area contributed by atoms with Crippen LogP contribution in [0, 0.1) is 5.92 Å². The summed E-state index contributed by atoms with van der Waals surface area (Å²) < 4.78 is 0. The van der Waals surface area contributed by atoms with Crippen LogP contribution in [0.15, 0.2) is 34.0 Å². The highest BCUT2D eigenvalue weighted by Crippen LogP contribution is 2.19. The van der Waals surface area contributed by atoms with Gasteiger partial charge in [-0.3, -0.25) is 4.79 Å². The highest BCUT2D eigenvalue weighted by atomic mass is 16.3. The van der Waals surface area contributed by atoms with Gasteiger partial charge in [-0.1, -0.05) is 12.2 Å². The predicted octanol–water partition coefficient (Wildman–Crippen LogP) is 1.01. The summed E-state index contributed by atoms with van der Waals surface area (Å²) in [5.41, 5.74) is 0.403. The molecule has 4 heteroatoms. The fraction of sp³-hybridized carbons (Fsp3) is 0.222. The van der Waals surface area contributed by atoms with Crippen LogP contribution < -0.4 is 0 Å². The van der Waals surface area contributed by atoms with Gasteiger partial charge in [-0.15, -0.1) is 0 Å². The summed E-state index contributed by atoms with van der Waals surface area (Å²) in [7, 11) is 0. The quantitative estimate of drug-likeness (QED) is 0.598. The molecule has 0 bridgehead atoms. The molecule has 2 aliphatic rings. The van der Waals surface area contributed by atoms with E-state index in [1.165, 1.54) is 6.08 Å². The van der Waals surface area contributed by atoms with E-state index in [1.54, 1.807) is 19.1 Å². The lowest BCUT2D eigenvalue weighted by atomic mass is 9.95. The summed E-state index contributed by atoms with van der Waals surface area (Å²) in [5, 5.41) is 9.41. The molecule has 0 aromatic heterocycles. The minimum atomic E-state index is -0.492. The first-order valence-electron chi connectivity index (χ1n) is 3.94. The number of fused-ring (bicyclic) bond motifs is 1. The lowest BCUT2D eigenvalue weighted by Gasteiger charge is -2.18. The topological polar surface area (TPSA) is 62.0 Å². The molecular weight excluding hydrogens is 168 g/mol. The number of aliphatic hydroxyl groups excluding tert-OH is 1. The Bertz CT molecular complexity index is 388. The van der Waals surface area contributed by atoms with E-state index in [-0.39, 0.29) is 11.7 Å². The van der Waals surface area contributed by atoms with Gasteiger partial charge in [0.2, 0.25) is 0 Å². The average Bonchev–Trinajstić information content (AvgIpc) is 2.07. The Hall–Kier alpha value is -1.71. The molecule has 1 atom stereocenters. The number of nitrogens with zero attached hydrogens (tertiary/aromatic N) is 2. The zero-order chi connectivity index (χ0) is 9.42. The number of allylic oxidation sites excluding steroid dienone is 3. The number of carbonyl (C=O) groups excluding carboxylic acids is 1. The summed E-state index contributed by atoms with van der Waals surface area (Å²) in [6, 6.07) is 0. The van der Waals surface area contributed by atoms with Gasteiger partial charge >= 0.3 is 0 Å². The molecule has 4 nitrogen and oxygen atoms in total. The molecule has 1 heterocycles. The van der Waals surface area contributed by atoms with Crippen LogP contribution in [0.3, 0.4) is 0 Å². The smallest absolute Gasteiger partial charge is 0.260 e. The number of rotatable bonds is 0. The number of carbonyl (C=O) groups is 1. The second kappa shape index (κ2) is 2.65. The average molecular weight is 176 g/mol. The Morgan fingerprint density at radius 3 is 3.00 bits per heavy atom. The van der Waals surface area contributed by atoms with E-state index in [4.69, 9.17) is 0 Å². The molecule has 0 spiro atoms. The molecule has 13 heavy (non-hydrogen) atoms. The summed E-state index contributed by atoms with van der Waals surface area (Å²) in [6.07, 6.45) is 4.82. The minimum absolute atomic E-state index is 0.0510. The molecule has 1 N–H and O–H groups in total. The predicted molar refractivity (Wildman–Crippen MR) is 48.9 cm³/mol. The van der Waals surface area contributed by atoms with Crippen LogP contribution in [-0.2, 0) is 4.79 Å². The van der Waals surface area contributed by atoms with E-state index in [1.807, 2.05) is 0 Å². The van der Waals surface area contributed by atoms with Crippen molar-refractivity contribution in [2.24, 2.45) is 15.9 Å². The molecule has 2 rings (SSSR count). The standard InChI is InChI=1S/C9H8N2O2/c1-5-10-8-6(9(13)11-5)3-2-4-7(8)12/h2-4,6,12H,1H3. The maximum Gasteiger partial charge on any atom is 0.260 e. The zero-order valence-electron chi connectivity index (χ0n) is 7.06. The minimum Gasteiger partial charge on any atom is -0.506 e. The van der Waals surface area contributed by atoms with Gasteiger partial charge in [-0.2, -0.15) is 4.99 Å². The van der Waals surface area contributed by atoms with Crippen LogP contribution in [0.5, 0.6) is 0 Å². The van der Waals surface area contributed by atoms with Gasteiger partial charge in [0.05, 0.1) is 0 Å². The Morgan fingerprint density at radius 2 is 2.23 bits per heavy atom. The Balaban J connectivity index is 2.50. The number of aliphatic imine (C=N–C) groups is 2. The maximum atomic E-state index is 11.3. The van der Waals surface area contributed by atoms with Crippen LogP contribution >= 0.6 is 0 Å². The Kier molecular flexibility index (Phi) is 1.62. The highest BCUT2D eigenvalue weighted by Gasteiger charge is 2.29. The molecule has 1 aliphatic carbocycles. The normalized spacial score (nSPS) is 26.1. The van der Waals surface area contributed by atoms with Crippen molar-refractivity contribution < 1.29 is 9.90 Å². The van der Waals surface area contributed by atoms with Crippen molar-refractivity contribution >= 4 is 17.5 Å². The largest absolute Gasteiger partial charge is 0.506 e. The fourth-order valence-corrected chi connectivity index (χ4v) is 1.35. The molecule has 66 valence electrons. The van der Waals surface area contributed by atoms with Gasteiger partial charge in [-0.05, 0) is 13.0 Å². The fourth-order valence-electron chi connectivity index (χ4n) is 1.35. The van der Waals surface area contributed by atoms with E-state index in [2.05, 4.69) is 9.98 Å². The van der Waals surface area contributed by atoms with Crippen molar-refractivity contribution in [1.82, 2.24) is 0 Å². The van der Waals surface area contributed by atoms with Gasteiger partial charge in [-0.25, -0.2) is 4.99 Å². The molecule has 0 aromatic rings. The lowest BCUT2D eigenvalue weighted by molar-refractivity contribution is -0.118. The van der Waals surface area contributed by atoms with Crippen molar-refractivity contribution in [3.05, 3.63) is 24.0 Å². The van der Waals surface area contributed by atoms with Crippen LogP contribution in [0.2, 0.25) is 0 Å². The highest BCUT2D eigenvalue weighted by molar-refractivity contribution is 6.22. The summed E-state index contributed by atoms with van der Waals surface area (Å²) in [4.78, 5) is 19.0. The summed E-state index contributed by atoms with van der Waals surface area (Å²) in [5.74, 6) is -0.311. The van der Waals surface area contributed by atoms with Crippen molar-refractivity contribution in [2.45, 2.75) is 6.92 Å². The lowest BCUT2D eigenvalue weighted by Crippen LogP contribution is -2.29. The van der Waals surface area contributed by atoms with Crippen LogP contribution in [0.4, 0.5) is 0 Å². The van der Waals surface area contributed by atoms with E-state index in [0.29, 0.717) is 11.5 Å². The second-order valence-corrected chi connectivity index (χ2v) is 2.91. The van der Waals surface area contributed by atoms with Crippen LogP contribution in [0.25, 0.3) is 0 Å². The number of amides is 1. The summed E-state index contributed by atoms with van der Waals surface area (Å²) >= 11 is 0. The van der Waals surface area contributed by atoms with E-state index < -0.39 is 5.92 Å². The first-order chi connectivity index (χ1) is 6.18. The first-order valence-corrected chi connectivity index (χ1v) is 3.94. The molecule has 0 aromatic carbocycles. The third-order valence-corrected chi connectivity index (χ3v) is 1.93. The molecular formula is C9H8N2O2. The SMILES string of the molecule is CC1=NC(=O)C2C=CC=C(O)C2=N1. The van der Waals surface area contributed by atoms with Gasteiger partial charge in [0, 0.05) is 0 Å². The Labute approximate surface area is 75.0 Å². The molecule has 0 fully saturated rings. The first kappa shape index (κ1) is 7.91. The van der Waals surface area contributed by atoms with Crippen molar-refractivity contribution in [1.29, 1.82) is 0 Å². The van der Waals surface area contributed by atoms with Gasteiger partial charge < -0.3 is 5.11 Å². The molecule has 1 unspecified atom stereocenters.